The molecule has 0 aliphatic carbocycles. The Hall–Kier alpha value is -1.04. The summed E-state index contributed by atoms with van der Waals surface area (Å²) >= 11 is 0. The van der Waals surface area contributed by atoms with E-state index < -0.39 is 11.6 Å². The van der Waals surface area contributed by atoms with E-state index >= 15 is 0 Å². The zero-order valence-electron chi connectivity index (χ0n) is 10.9. The van der Waals surface area contributed by atoms with Crippen molar-refractivity contribution in [3.63, 3.8) is 0 Å². The van der Waals surface area contributed by atoms with Crippen LogP contribution >= 0.6 is 0 Å². The quantitative estimate of drug-likeness (QED) is 0.854. The van der Waals surface area contributed by atoms with Gasteiger partial charge in [0.15, 0.2) is 11.6 Å². The van der Waals surface area contributed by atoms with Crippen LogP contribution in [0.25, 0.3) is 0 Å². The molecule has 0 saturated carbocycles. The first-order chi connectivity index (χ1) is 9.24. The molecule has 1 saturated heterocycles. The highest BCUT2D eigenvalue weighted by atomic mass is 19.2. The van der Waals surface area contributed by atoms with Crippen LogP contribution in [-0.2, 0) is 0 Å². The molecule has 1 aliphatic heterocycles. The van der Waals surface area contributed by atoms with Crippen LogP contribution in [0.1, 0.15) is 24.4 Å². The topological polar surface area (TPSA) is 35.5 Å². The number of aliphatic hydroxyl groups excluding tert-OH is 1. The summed E-state index contributed by atoms with van der Waals surface area (Å²) in [6, 6.07) is 4.16. The van der Waals surface area contributed by atoms with Crippen molar-refractivity contribution in [3.8, 4) is 0 Å². The van der Waals surface area contributed by atoms with E-state index in [0.717, 1.165) is 32.2 Å². The maximum atomic E-state index is 14.0. The normalized spacial score (nSPS) is 18.5. The maximum Gasteiger partial charge on any atom is 0.163 e. The minimum Gasteiger partial charge on any atom is -0.396 e. The molecule has 1 fully saturated rings. The van der Waals surface area contributed by atoms with Gasteiger partial charge >= 0.3 is 0 Å². The Morgan fingerprint density at radius 2 is 2.00 bits per heavy atom. The highest BCUT2D eigenvalue weighted by Crippen LogP contribution is 2.29. The number of aliphatic hydroxyl groups is 1. The first-order valence-electron chi connectivity index (χ1n) is 6.73. The van der Waals surface area contributed by atoms with Gasteiger partial charge in [-0.3, -0.25) is 4.90 Å². The Morgan fingerprint density at radius 3 is 2.68 bits per heavy atom. The largest absolute Gasteiger partial charge is 0.396 e. The van der Waals surface area contributed by atoms with Crippen molar-refractivity contribution in [2.45, 2.75) is 18.9 Å². The number of nitrogens with zero attached hydrogens (tertiary/aromatic N) is 1. The van der Waals surface area contributed by atoms with Gasteiger partial charge in [0.2, 0.25) is 0 Å². The number of piperazine rings is 1. The van der Waals surface area contributed by atoms with E-state index in [-0.39, 0.29) is 12.6 Å². The van der Waals surface area contributed by atoms with Crippen molar-refractivity contribution in [2.75, 3.05) is 32.8 Å². The predicted octanol–water partition coefficient (Wildman–Crippen LogP) is 1.68. The number of rotatable bonds is 5. The van der Waals surface area contributed by atoms with Gasteiger partial charge in [0.25, 0.3) is 0 Å². The van der Waals surface area contributed by atoms with Gasteiger partial charge in [0.1, 0.15) is 0 Å². The molecule has 0 unspecified atom stereocenters. The van der Waals surface area contributed by atoms with Crippen LogP contribution in [0.3, 0.4) is 0 Å². The van der Waals surface area contributed by atoms with Gasteiger partial charge in [-0.1, -0.05) is 12.1 Å². The van der Waals surface area contributed by atoms with Gasteiger partial charge in [-0.05, 0) is 18.9 Å². The average molecular weight is 270 g/mol. The number of hydrogen-bond acceptors (Lipinski definition) is 3. The Labute approximate surface area is 112 Å². The Kier molecular flexibility index (Phi) is 5.24. The number of halogens is 2. The molecule has 0 radical (unpaired) electrons. The molecule has 5 heteroatoms. The first-order valence-corrected chi connectivity index (χ1v) is 6.73. The van der Waals surface area contributed by atoms with Gasteiger partial charge in [0, 0.05) is 44.4 Å². The lowest BCUT2D eigenvalue weighted by molar-refractivity contribution is 0.151. The maximum absolute atomic E-state index is 14.0. The van der Waals surface area contributed by atoms with Crippen molar-refractivity contribution in [1.29, 1.82) is 0 Å². The summed E-state index contributed by atoms with van der Waals surface area (Å²) in [4.78, 5) is 2.16. The van der Waals surface area contributed by atoms with E-state index in [1.807, 2.05) is 0 Å². The number of nitrogens with one attached hydrogen (secondary N) is 1. The summed E-state index contributed by atoms with van der Waals surface area (Å²) in [5.41, 5.74) is 0.398. The van der Waals surface area contributed by atoms with E-state index in [2.05, 4.69) is 10.2 Å². The Bertz CT molecular complexity index is 408. The van der Waals surface area contributed by atoms with Gasteiger partial charge in [-0.2, -0.15) is 0 Å². The second kappa shape index (κ2) is 6.93. The van der Waals surface area contributed by atoms with E-state index in [4.69, 9.17) is 5.11 Å². The molecule has 1 aliphatic rings. The molecule has 1 aromatic carbocycles. The smallest absolute Gasteiger partial charge is 0.163 e. The SMILES string of the molecule is OCCC[C@H](c1cccc(F)c1F)N1CCNCC1. The van der Waals surface area contributed by atoms with Crippen LogP contribution in [0, 0.1) is 11.6 Å². The van der Waals surface area contributed by atoms with E-state index in [0.29, 0.717) is 18.4 Å². The van der Waals surface area contributed by atoms with Crippen molar-refractivity contribution in [2.24, 2.45) is 0 Å². The zero-order chi connectivity index (χ0) is 13.7. The van der Waals surface area contributed by atoms with Gasteiger partial charge in [-0.25, -0.2) is 8.78 Å². The molecule has 1 aromatic rings. The fourth-order valence-corrected chi connectivity index (χ4v) is 2.59. The lowest BCUT2D eigenvalue weighted by Gasteiger charge is -2.35. The molecule has 106 valence electrons. The summed E-state index contributed by atoms with van der Waals surface area (Å²) in [5, 5.41) is 12.2. The summed E-state index contributed by atoms with van der Waals surface area (Å²) in [7, 11) is 0. The van der Waals surface area contributed by atoms with Crippen molar-refractivity contribution >= 4 is 0 Å². The van der Waals surface area contributed by atoms with Gasteiger partial charge in [-0.15, -0.1) is 0 Å². The summed E-state index contributed by atoms with van der Waals surface area (Å²) in [5.74, 6) is -1.56. The average Bonchev–Trinajstić information content (AvgIpc) is 2.45. The van der Waals surface area contributed by atoms with Gasteiger partial charge in [0.05, 0.1) is 0 Å². The van der Waals surface area contributed by atoms with Crippen molar-refractivity contribution < 1.29 is 13.9 Å². The van der Waals surface area contributed by atoms with E-state index in [1.165, 1.54) is 0 Å². The monoisotopic (exact) mass is 270 g/mol. The first kappa shape index (κ1) is 14.4. The minimum absolute atomic E-state index is 0.0690. The van der Waals surface area contributed by atoms with Crippen molar-refractivity contribution in [3.05, 3.63) is 35.4 Å². The third-order valence-corrected chi connectivity index (χ3v) is 3.57. The Morgan fingerprint density at radius 1 is 1.26 bits per heavy atom. The standard InChI is InChI=1S/C14H20F2N2O/c15-12-4-1-3-11(14(12)16)13(5-2-10-19)18-8-6-17-7-9-18/h1,3-4,13,17,19H,2,5-10H2/t13-/m1/s1. The van der Waals surface area contributed by atoms with Crippen LogP contribution in [0.4, 0.5) is 8.78 Å². The molecule has 3 nitrogen and oxygen atoms in total. The molecule has 2 N–H and O–H groups in total. The Balaban J connectivity index is 2.22. The highest BCUT2D eigenvalue weighted by molar-refractivity contribution is 5.23. The van der Waals surface area contributed by atoms with Gasteiger partial charge < -0.3 is 10.4 Å². The molecule has 0 spiro atoms. The molecular formula is C14H20F2N2O. The molecule has 2 rings (SSSR count). The summed E-state index contributed by atoms with van der Waals surface area (Å²) in [6.07, 6.45) is 1.22. The molecule has 1 heterocycles. The lowest BCUT2D eigenvalue weighted by Crippen LogP contribution is -2.45. The summed E-state index contributed by atoms with van der Waals surface area (Å²) < 4.78 is 27.3. The second-order valence-electron chi connectivity index (χ2n) is 4.81. The molecular weight excluding hydrogens is 250 g/mol. The molecule has 0 aromatic heterocycles. The van der Waals surface area contributed by atoms with Crippen LogP contribution in [0.15, 0.2) is 18.2 Å². The fourth-order valence-electron chi connectivity index (χ4n) is 2.59. The third kappa shape index (κ3) is 3.49. The van der Waals surface area contributed by atoms with Crippen LogP contribution in [0.5, 0.6) is 0 Å². The van der Waals surface area contributed by atoms with Crippen LogP contribution in [-0.4, -0.2) is 42.8 Å². The molecule has 0 amide bonds. The minimum atomic E-state index is -0.804. The van der Waals surface area contributed by atoms with E-state index in [9.17, 15) is 8.78 Å². The molecule has 1 atom stereocenters. The highest BCUT2D eigenvalue weighted by Gasteiger charge is 2.25. The molecule has 0 bridgehead atoms. The van der Waals surface area contributed by atoms with Crippen LogP contribution < -0.4 is 5.32 Å². The van der Waals surface area contributed by atoms with E-state index in [1.54, 1.807) is 12.1 Å². The van der Waals surface area contributed by atoms with Crippen molar-refractivity contribution in [1.82, 2.24) is 10.2 Å². The molecule has 19 heavy (non-hydrogen) atoms. The third-order valence-electron chi connectivity index (χ3n) is 3.57. The zero-order valence-corrected chi connectivity index (χ0v) is 10.9. The number of benzene rings is 1. The summed E-state index contributed by atoms with van der Waals surface area (Å²) in [6.45, 7) is 3.40. The lowest BCUT2D eigenvalue weighted by atomic mass is 9.99. The predicted molar refractivity (Wildman–Crippen MR) is 69.9 cm³/mol. The fraction of sp³-hybridized carbons (Fsp3) is 0.571. The second-order valence-corrected chi connectivity index (χ2v) is 4.81. The van der Waals surface area contributed by atoms with Crippen LogP contribution in [0.2, 0.25) is 0 Å². The number of hydrogen-bond donors (Lipinski definition) is 2.